The number of unbranched alkanes of at least 4 members (excludes halogenated alkanes) is 11. The number of aliphatic hydroxyl groups excluding tert-OH is 2. The molecule has 0 saturated heterocycles. The summed E-state index contributed by atoms with van der Waals surface area (Å²) in [5, 5.41) is 21.5. The van der Waals surface area contributed by atoms with E-state index in [2.05, 4.69) is 12.2 Å². The van der Waals surface area contributed by atoms with E-state index in [0.717, 1.165) is 12.8 Å². The fraction of sp³-hybridized carbons (Fsp3) is 0.850. The number of aliphatic hydroxyl groups is 2. The number of amides is 1. The molecule has 4 nitrogen and oxygen atoms in total. The summed E-state index contributed by atoms with van der Waals surface area (Å²) < 4.78 is 6.94. The highest BCUT2D eigenvalue weighted by Crippen LogP contribution is 2.12. The Kier molecular flexibility index (Phi) is 15.0. The normalized spacial score (nSPS) is 14.5. The molecule has 0 fully saturated rings. The van der Waals surface area contributed by atoms with Gasteiger partial charge in [-0.3, -0.25) is 4.79 Å². The molecule has 3 N–H and O–H groups in total. The zero-order chi connectivity index (χ0) is 18.8. The topological polar surface area (TPSA) is 69.6 Å². The van der Waals surface area contributed by atoms with Gasteiger partial charge in [0.15, 0.2) is 0 Å². The van der Waals surface area contributed by atoms with Crippen LogP contribution in [0.5, 0.6) is 0 Å². The Balaban J connectivity index is 3.54. The minimum absolute atomic E-state index is 0.338. The van der Waals surface area contributed by atoms with Crippen molar-refractivity contribution in [2.45, 2.75) is 103 Å². The number of nitrogens with one attached hydrogen (secondary N) is 1. The minimum Gasteiger partial charge on any atom is -0.394 e. The van der Waals surface area contributed by atoms with E-state index in [4.69, 9.17) is 1.37 Å². The van der Waals surface area contributed by atoms with Crippen LogP contribution in [-0.4, -0.2) is 34.9 Å². The molecule has 0 aromatic rings. The van der Waals surface area contributed by atoms with Crippen LogP contribution < -0.4 is 5.32 Å². The van der Waals surface area contributed by atoms with Crippen molar-refractivity contribution in [3.8, 4) is 0 Å². The monoisotopic (exact) mass is 342 g/mol. The number of carbonyl (C=O) groups excluding carboxylic acids is 1. The molecule has 4 heteroatoms. The summed E-state index contributed by atoms with van der Waals surface area (Å²) in [5.74, 6) is -0.489. The van der Waals surface area contributed by atoms with E-state index < -0.39 is 25.0 Å². The van der Waals surface area contributed by atoms with Crippen LogP contribution in [0.4, 0.5) is 0 Å². The Morgan fingerprint density at radius 3 is 2.08 bits per heavy atom. The van der Waals surface area contributed by atoms with Gasteiger partial charge in [-0.15, -0.1) is 0 Å². The van der Waals surface area contributed by atoms with E-state index in [9.17, 15) is 15.0 Å². The minimum atomic E-state index is -0.909. The summed E-state index contributed by atoms with van der Waals surface area (Å²) in [7, 11) is 0. The molecule has 0 aliphatic carbocycles. The average Bonchev–Trinajstić information content (AvgIpc) is 2.63. The Bertz CT molecular complexity index is 337. The smallest absolute Gasteiger partial charge is 0.217 e. The van der Waals surface area contributed by atoms with Gasteiger partial charge >= 0.3 is 0 Å². The van der Waals surface area contributed by atoms with Gasteiger partial charge in [0.2, 0.25) is 5.91 Å². The quantitative estimate of drug-likeness (QED) is 0.292. The van der Waals surface area contributed by atoms with Gasteiger partial charge in [0.1, 0.15) is 0 Å². The highest BCUT2D eigenvalue weighted by Gasteiger charge is 2.15. The summed E-state index contributed by atoms with van der Waals surface area (Å²) in [6.07, 6.45) is 18.0. The van der Waals surface area contributed by atoms with Crippen molar-refractivity contribution in [1.82, 2.24) is 5.32 Å². The van der Waals surface area contributed by atoms with Gasteiger partial charge in [0.05, 0.1) is 18.8 Å². The highest BCUT2D eigenvalue weighted by molar-refractivity contribution is 5.73. The molecular formula is C20H39NO3. The van der Waals surface area contributed by atoms with E-state index >= 15 is 0 Å². The largest absolute Gasteiger partial charge is 0.394 e. The molecule has 0 bridgehead atoms. The molecule has 0 unspecified atom stereocenters. The van der Waals surface area contributed by atoms with Crippen molar-refractivity contribution in [3.63, 3.8) is 0 Å². The molecule has 1 amide bonds. The lowest BCUT2D eigenvalue weighted by molar-refractivity contribution is -0.120. The fourth-order valence-corrected chi connectivity index (χ4v) is 2.74. The number of carbonyl (C=O) groups is 1. The van der Waals surface area contributed by atoms with Crippen LogP contribution >= 0.6 is 0 Å². The molecule has 24 heavy (non-hydrogen) atoms. The third-order valence-electron chi connectivity index (χ3n) is 4.26. The van der Waals surface area contributed by atoms with Crippen LogP contribution in [0.1, 0.15) is 92.2 Å². The Labute approximate surface area is 150 Å². The maximum Gasteiger partial charge on any atom is 0.217 e. The van der Waals surface area contributed by atoms with E-state index in [1.165, 1.54) is 64.2 Å². The Hall–Kier alpha value is -0.870. The van der Waals surface area contributed by atoms with Crippen molar-refractivity contribution in [2.75, 3.05) is 6.61 Å². The summed E-state index contributed by atoms with van der Waals surface area (Å²) in [5.41, 5.74) is 0. The third kappa shape index (κ3) is 14.7. The molecule has 0 radical (unpaired) electrons. The summed E-state index contributed by atoms with van der Waals surface area (Å²) in [6, 6.07) is -0.730. The summed E-state index contributed by atoms with van der Waals surface area (Å²) in [4.78, 5) is 11.1. The van der Waals surface area contributed by atoms with Crippen molar-refractivity contribution in [3.05, 3.63) is 12.2 Å². The van der Waals surface area contributed by atoms with Crippen molar-refractivity contribution in [1.29, 1.82) is 0 Å². The van der Waals surface area contributed by atoms with Crippen molar-refractivity contribution >= 4 is 5.91 Å². The van der Waals surface area contributed by atoms with Gasteiger partial charge in [0, 0.05) is 8.27 Å². The van der Waals surface area contributed by atoms with Crippen molar-refractivity contribution < 1.29 is 16.4 Å². The fourth-order valence-electron chi connectivity index (χ4n) is 2.74. The van der Waals surface area contributed by atoms with Gasteiger partial charge in [-0.2, -0.15) is 0 Å². The number of allylic oxidation sites excluding steroid dienone is 1. The first-order valence-electron chi connectivity index (χ1n) is 10.4. The first-order valence-corrected chi connectivity index (χ1v) is 9.69. The maximum absolute atomic E-state index is 11.1. The van der Waals surface area contributed by atoms with Crippen LogP contribution in [0.2, 0.25) is 0 Å². The maximum atomic E-state index is 11.1. The van der Waals surface area contributed by atoms with E-state index in [-0.39, 0.29) is 6.61 Å². The molecule has 0 aromatic heterocycles. The van der Waals surface area contributed by atoms with Gasteiger partial charge in [-0.05, 0) is 12.8 Å². The van der Waals surface area contributed by atoms with Gasteiger partial charge in [0.25, 0.3) is 0 Å². The number of hydrogen-bond donors (Lipinski definition) is 3. The molecule has 0 aliphatic rings. The molecular weight excluding hydrogens is 302 g/mol. The number of rotatable bonds is 16. The van der Waals surface area contributed by atoms with Crippen LogP contribution in [0.3, 0.4) is 0 Å². The van der Waals surface area contributed by atoms with Gasteiger partial charge in [-0.25, -0.2) is 0 Å². The first kappa shape index (κ1) is 21.2. The second-order valence-electron chi connectivity index (χ2n) is 6.60. The zero-order valence-electron chi connectivity index (χ0n) is 16.5. The van der Waals surface area contributed by atoms with E-state index in [1.54, 1.807) is 6.08 Å². The van der Waals surface area contributed by atoms with Crippen LogP contribution in [-0.2, 0) is 4.79 Å². The SMILES string of the molecule is [2H]CC(=O)N[C@@H](CO)[C@H](O)/C=C/CCCCCCCCCCCCC. The lowest BCUT2D eigenvalue weighted by atomic mass is 10.0. The molecule has 0 spiro atoms. The van der Waals surface area contributed by atoms with Crippen LogP contribution in [0, 0.1) is 0 Å². The van der Waals surface area contributed by atoms with E-state index in [0.29, 0.717) is 0 Å². The standard InChI is InChI=1S/C20H39NO3/c1-3-4-5-6-7-8-9-10-11-12-13-14-15-16-20(24)19(17-22)21-18(2)23/h15-16,19-20,22,24H,3-14,17H2,1-2H3,(H,21,23)/b16-15+/t19-,20+/m0/s1/i2D. The highest BCUT2D eigenvalue weighted by atomic mass is 16.3. The Morgan fingerprint density at radius 1 is 1.04 bits per heavy atom. The summed E-state index contributed by atoms with van der Waals surface area (Å²) >= 11 is 0. The van der Waals surface area contributed by atoms with Gasteiger partial charge < -0.3 is 15.5 Å². The molecule has 2 atom stereocenters. The van der Waals surface area contributed by atoms with Gasteiger partial charge in [-0.1, -0.05) is 83.3 Å². The number of hydrogen-bond acceptors (Lipinski definition) is 3. The molecule has 142 valence electrons. The predicted molar refractivity (Wildman–Crippen MR) is 101 cm³/mol. The third-order valence-corrected chi connectivity index (χ3v) is 4.26. The molecule has 0 saturated carbocycles. The molecule has 0 rings (SSSR count). The predicted octanol–water partition coefficient (Wildman–Crippen LogP) is 4.10. The van der Waals surface area contributed by atoms with Crippen LogP contribution in [0.15, 0.2) is 12.2 Å². The molecule has 0 aromatic carbocycles. The second-order valence-corrected chi connectivity index (χ2v) is 6.60. The molecule has 0 heterocycles. The zero-order valence-corrected chi connectivity index (χ0v) is 15.5. The summed E-state index contributed by atoms with van der Waals surface area (Å²) in [6.45, 7) is 1.51. The lowest BCUT2D eigenvalue weighted by Crippen LogP contribution is -2.44. The van der Waals surface area contributed by atoms with Crippen LogP contribution in [0.25, 0.3) is 0 Å². The van der Waals surface area contributed by atoms with Crippen molar-refractivity contribution in [2.24, 2.45) is 0 Å². The Morgan fingerprint density at radius 2 is 1.58 bits per heavy atom. The molecule has 0 aliphatic heterocycles. The van der Waals surface area contributed by atoms with E-state index in [1.807, 2.05) is 6.08 Å². The lowest BCUT2D eigenvalue weighted by Gasteiger charge is -2.18. The average molecular weight is 343 g/mol. The second kappa shape index (κ2) is 17.0. The first-order chi connectivity index (χ1) is 12.2.